The summed E-state index contributed by atoms with van der Waals surface area (Å²) in [6.45, 7) is 3.77. The quantitative estimate of drug-likeness (QED) is 0.461. The molecule has 1 fully saturated rings. The van der Waals surface area contributed by atoms with E-state index in [4.69, 9.17) is 4.74 Å². The van der Waals surface area contributed by atoms with E-state index in [1.165, 1.54) is 5.57 Å². The van der Waals surface area contributed by atoms with Crippen LogP contribution >= 0.6 is 0 Å². The van der Waals surface area contributed by atoms with E-state index in [1.54, 1.807) is 0 Å². The molecule has 0 N–H and O–H groups in total. The summed E-state index contributed by atoms with van der Waals surface area (Å²) in [7, 11) is 0. The van der Waals surface area contributed by atoms with Crippen LogP contribution < -0.4 is 0 Å². The van der Waals surface area contributed by atoms with Crippen molar-refractivity contribution in [1.29, 1.82) is 0 Å². The first-order valence-electron chi connectivity index (χ1n) is 3.03. The lowest BCUT2D eigenvalue weighted by atomic mass is 10.1. The lowest BCUT2D eigenvalue weighted by molar-refractivity contribution is 0.119. The molecule has 0 atom stereocenters. The Morgan fingerprint density at radius 2 is 2.00 bits per heavy atom. The molecule has 0 aromatic heterocycles. The first-order valence-corrected chi connectivity index (χ1v) is 3.03. The summed E-state index contributed by atoms with van der Waals surface area (Å²) in [6.07, 6.45) is 5.33. The van der Waals surface area contributed by atoms with Crippen LogP contribution in [-0.2, 0) is 4.74 Å². The van der Waals surface area contributed by atoms with Gasteiger partial charge in [0.05, 0.1) is 13.2 Å². The van der Waals surface area contributed by atoms with E-state index in [0.29, 0.717) is 0 Å². The molecule has 1 nitrogen and oxygen atoms in total. The summed E-state index contributed by atoms with van der Waals surface area (Å²) in [6, 6.07) is 0. The van der Waals surface area contributed by atoms with Crippen LogP contribution in [0.5, 0.6) is 0 Å². The van der Waals surface area contributed by atoms with Gasteiger partial charge in [-0.3, -0.25) is 0 Å². The van der Waals surface area contributed by atoms with Crippen molar-refractivity contribution in [3.05, 3.63) is 11.6 Å². The minimum atomic E-state index is 0.899. The predicted octanol–water partition coefficient (Wildman–Crippen LogP) is 1.55. The molecule has 0 amide bonds. The predicted molar refractivity (Wildman–Crippen MR) is 32.5 cm³/mol. The van der Waals surface area contributed by atoms with Gasteiger partial charge in [-0.2, -0.15) is 0 Å². The summed E-state index contributed by atoms with van der Waals surface area (Å²) in [5, 5.41) is 0. The third-order valence-electron chi connectivity index (χ3n) is 1.45. The lowest BCUT2D eigenvalue weighted by Gasteiger charge is -2.12. The third-order valence-corrected chi connectivity index (χ3v) is 1.45. The highest BCUT2D eigenvalue weighted by Crippen LogP contribution is 2.11. The molecule has 8 heavy (non-hydrogen) atoms. The topological polar surface area (TPSA) is 9.23 Å². The molecule has 0 aliphatic carbocycles. The molecule has 0 bridgehead atoms. The molecule has 1 saturated heterocycles. The van der Waals surface area contributed by atoms with Gasteiger partial charge in [0, 0.05) is 0 Å². The zero-order chi connectivity index (χ0) is 5.82. The van der Waals surface area contributed by atoms with E-state index in [2.05, 4.69) is 6.08 Å². The van der Waals surface area contributed by atoms with Crippen molar-refractivity contribution in [3.8, 4) is 0 Å². The molecule has 45 valence electrons. The normalized spacial score (nSPS) is 20.9. The summed E-state index contributed by atoms with van der Waals surface area (Å²) in [5.41, 5.74) is 1.43. The highest BCUT2D eigenvalue weighted by atomic mass is 16.5. The van der Waals surface area contributed by atoms with Gasteiger partial charge in [0.25, 0.3) is 0 Å². The summed E-state index contributed by atoms with van der Waals surface area (Å²) in [4.78, 5) is 0. The Morgan fingerprint density at radius 1 is 1.38 bits per heavy atom. The van der Waals surface area contributed by atoms with Crippen LogP contribution in [0.3, 0.4) is 0 Å². The Balaban J connectivity index is 2.33. The summed E-state index contributed by atoms with van der Waals surface area (Å²) >= 11 is 0. The van der Waals surface area contributed by atoms with Crippen molar-refractivity contribution < 1.29 is 4.74 Å². The number of rotatable bonds is 0. The van der Waals surface area contributed by atoms with E-state index in [1.807, 2.05) is 6.92 Å². The van der Waals surface area contributed by atoms with Gasteiger partial charge in [0.1, 0.15) is 0 Å². The Kier molecular flexibility index (Phi) is 2.10. The Morgan fingerprint density at radius 3 is 2.38 bits per heavy atom. The van der Waals surface area contributed by atoms with E-state index < -0.39 is 0 Å². The van der Waals surface area contributed by atoms with Crippen molar-refractivity contribution in [2.24, 2.45) is 0 Å². The molecule has 1 aliphatic heterocycles. The van der Waals surface area contributed by atoms with Gasteiger partial charge in [-0.05, 0) is 25.8 Å². The molecule has 1 aliphatic rings. The van der Waals surface area contributed by atoms with Crippen molar-refractivity contribution in [2.75, 3.05) is 13.2 Å². The molecule has 0 aromatic carbocycles. The Hall–Kier alpha value is -0.300. The van der Waals surface area contributed by atoms with Gasteiger partial charge in [0.15, 0.2) is 0 Å². The zero-order valence-corrected chi connectivity index (χ0v) is 5.24. The molecule has 1 heterocycles. The minimum Gasteiger partial charge on any atom is -0.381 e. The molecule has 1 rings (SSSR count). The molecule has 0 spiro atoms. The monoisotopic (exact) mass is 111 g/mol. The van der Waals surface area contributed by atoms with Crippen LogP contribution in [0.4, 0.5) is 0 Å². The molecule has 0 saturated carbocycles. The molecular formula is C7H11O. The van der Waals surface area contributed by atoms with E-state index in [0.717, 1.165) is 26.1 Å². The zero-order valence-electron chi connectivity index (χ0n) is 5.24. The highest BCUT2D eigenvalue weighted by molar-refractivity contribution is 4.97. The first kappa shape index (κ1) is 5.83. The summed E-state index contributed by atoms with van der Waals surface area (Å²) < 4.78 is 5.14. The van der Waals surface area contributed by atoms with Crippen LogP contribution in [0, 0.1) is 6.08 Å². The SMILES string of the molecule is C[C]=C1CCOCC1. The molecule has 0 aromatic rings. The van der Waals surface area contributed by atoms with Gasteiger partial charge in [-0.15, -0.1) is 0 Å². The smallest absolute Gasteiger partial charge is 0.0503 e. The number of allylic oxidation sites excluding steroid dienone is 1. The second-order valence-corrected chi connectivity index (χ2v) is 1.97. The van der Waals surface area contributed by atoms with Crippen molar-refractivity contribution in [1.82, 2.24) is 0 Å². The average molecular weight is 111 g/mol. The summed E-state index contributed by atoms with van der Waals surface area (Å²) in [5.74, 6) is 0. The number of hydrogen-bond acceptors (Lipinski definition) is 1. The first-order chi connectivity index (χ1) is 3.93. The minimum absolute atomic E-state index is 0.899. The fourth-order valence-electron chi connectivity index (χ4n) is 0.868. The molecule has 1 heteroatoms. The second kappa shape index (κ2) is 2.88. The Labute approximate surface area is 50.3 Å². The highest BCUT2D eigenvalue weighted by Gasteiger charge is 2.02. The van der Waals surface area contributed by atoms with E-state index >= 15 is 0 Å². The van der Waals surface area contributed by atoms with E-state index in [-0.39, 0.29) is 0 Å². The maximum atomic E-state index is 5.14. The maximum Gasteiger partial charge on any atom is 0.0503 e. The van der Waals surface area contributed by atoms with Gasteiger partial charge in [-0.1, -0.05) is 5.57 Å². The van der Waals surface area contributed by atoms with Crippen LogP contribution in [0.15, 0.2) is 5.57 Å². The number of hydrogen-bond donors (Lipinski definition) is 0. The fraction of sp³-hybridized carbons (Fsp3) is 0.714. The average Bonchev–Trinajstić information content (AvgIpc) is 1.90. The van der Waals surface area contributed by atoms with Crippen molar-refractivity contribution in [3.63, 3.8) is 0 Å². The molecular weight excluding hydrogens is 100 g/mol. The van der Waals surface area contributed by atoms with Gasteiger partial charge < -0.3 is 4.74 Å². The van der Waals surface area contributed by atoms with Gasteiger partial charge >= 0.3 is 0 Å². The standard InChI is InChI=1S/C7H11O/c1-2-7-3-5-8-6-4-7/h3-6H2,1H3. The second-order valence-electron chi connectivity index (χ2n) is 1.97. The van der Waals surface area contributed by atoms with Crippen molar-refractivity contribution >= 4 is 0 Å². The Bertz CT molecular complexity index is 86.6. The molecule has 1 radical (unpaired) electrons. The lowest BCUT2D eigenvalue weighted by Crippen LogP contribution is -2.06. The largest absolute Gasteiger partial charge is 0.381 e. The third kappa shape index (κ3) is 1.34. The van der Waals surface area contributed by atoms with Gasteiger partial charge in [0.2, 0.25) is 0 Å². The van der Waals surface area contributed by atoms with Crippen LogP contribution in [0.1, 0.15) is 19.8 Å². The van der Waals surface area contributed by atoms with Crippen molar-refractivity contribution in [2.45, 2.75) is 19.8 Å². The van der Waals surface area contributed by atoms with Crippen LogP contribution in [0.2, 0.25) is 0 Å². The molecule has 0 unspecified atom stereocenters. The number of ether oxygens (including phenoxy) is 1. The fourth-order valence-corrected chi connectivity index (χ4v) is 0.868. The van der Waals surface area contributed by atoms with E-state index in [9.17, 15) is 0 Å². The van der Waals surface area contributed by atoms with Crippen LogP contribution in [-0.4, -0.2) is 13.2 Å². The maximum absolute atomic E-state index is 5.14. The van der Waals surface area contributed by atoms with Gasteiger partial charge in [-0.25, -0.2) is 0 Å². The van der Waals surface area contributed by atoms with Crippen LogP contribution in [0.25, 0.3) is 0 Å².